The topological polar surface area (TPSA) is 45.1 Å². The molecule has 0 aliphatic rings. The first-order valence-corrected chi connectivity index (χ1v) is 8.00. The van der Waals surface area contributed by atoms with Gasteiger partial charge in [-0.1, -0.05) is 6.07 Å². The average Bonchev–Trinajstić information content (AvgIpc) is 2.44. The van der Waals surface area contributed by atoms with Crippen molar-refractivity contribution in [1.29, 1.82) is 0 Å². The van der Waals surface area contributed by atoms with Crippen LogP contribution in [-0.4, -0.2) is 34.7 Å². The van der Waals surface area contributed by atoms with Gasteiger partial charge in [0.25, 0.3) is 0 Å². The molecule has 1 atom stereocenters. The minimum Gasteiger partial charge on any atom is -0.396 e. The zero-order valence-electron chi connectivity index (χ0n) is 11.5. The quantitative estimate of drug-likeness (QED) is 0.824. The summed E-state index contributed by atoms with van der Waals surface area (Å²) in [5.41, 5.74) is 1.68. The predicted molar refractivity (Wildman–Crippen MR) is 82.4 cm³/mol. The van der Waals surface area contributed by atoms with Gasteiger partial charge in [-0.15, -0.1) is 0 Å². The lowest BCUT2D eigenvalue weighted by atomic mass is 10.1. The highest BCUT2D eigenvalue weighted by Gasteiger charge is 2.10. The number of aromatic nitrogens is 1. The molecule has 0 bridgehead atoms. The molecule has 20 heavy (non-hydrogen) atoms. The second-order valence-corrected chi connectivity index (χ2v) is 5.60. The fourth-order valence-electron chi connectivity index (χ4n) is 2.22. The van der Waals surface area contributed by atoms with Gasteiger partial charge in [0.1, 0.15) is 5.82 Å². The number of hydrogen-bond acceptors (Lipinski definition) is 4. The van der Waals surface area contributed by atoms with Crippen LogP contribution >= 0.6 is 11.8 Å². The summed E-state index contributed by atoms with van der Waals surface area (Å²) in [4.78, 5) is 4.33. The Hall–Kier alpha value is -1.17. The smallest absolute Gasteiger partial charge is 0.124 e. The molecule has 5 heteroatoms. The number of thioether (sulfide) groups is 1. The van der Waals surface area contributed by atoms with Gasteiger partial charge >= 0.3 is 0 Å². The Morgan fingerprint density at radius 1 is 1.45 bits per heavy atom. The first kappa shape index (κ1) is 15.2. The zero-order valence-corrected chi connectivity index (χ0v) is 12.3. The van der Waals surface area contributed by atoms with Crippen LogP contribution in [0.3, 0.4) is 0 Å². The van der Waals surface area contributed by atoms with E-state index in [0.29, 0.717) is 13.0 Å². The summed E-state index contributed by atoms with van der Waals surface area (Å²) < 4.78 is 13.6. The highest BCUT2D eigenvalue weighted by molar-refractivity contribution is 7.98. The lowest BCUT2D eigenvalue weighted by Gasteiger charge is -2.17. The third-order valence-corrected chi connectivity index (χ3v) is 3.91. The summed E-state index contributed by atoms with van der Waals surface area (Å²) >= 11 is 1.73. The van der Waals surface area contributed by atoms with Crippen molar-refractivity contribution in [3.63, 3.8) is 0 Å². The standard InChI is InChI=1S/C15H19FN2OS/c1-20-10-14(4-6-19)18-9-12-8-13(16)7-11-3-2-5-17-15(11)12/h2-3,5,7-8,14,18-19H,4,6,9-10H2,1H3. The molecule has 1 unspecified atom stereocenters. The zero-order chi connectivity index (χ0) is 14.4. The molecule has 2 rings (SSSR count). The molecule has 1 heterocycles. The Morgan fingerprint density at radius 2 is 2.30 bits per heavy atom. The number of nitrogens with zero attached hydrogens (tertiary/aromatic N) is 1. The molecular weight excluding hydrogens is 275 g/mol. The maximum Gasteiger partial charge on any atom is 0.124 e. The summed E-state index contributed by atoms with van der Waals surface area (Å²) in [5, 5.41) is 13.2. The van der Waals surface area contributed by atoms with E-state index in [1.54, 1.807) is 24.0 Å². The number of aliphatic hydroxyl groups excluding tert-OH is 1. The van der Waals surface area contributed by atoms with Crippen LogP contribution in [0.4, 0.5) is 4.39 Å². The molecule has 0 fully saturated rings. The van der Waals surface area contributed by atoms with Gasteiger partial charge < -0.3 is 10.4 Å². The molecule has 0 aliphatic carbocycles. The van der Waals surface area contributed by atoms with Crippen molar-refractivity contribution < 1.29 is 9.50 Å². The van der Waals surface area contributed by atoms with E-state index >= 15 is 0 Å². The van der Waals surface area contributed by atoms with Gasteiger partial charge in [0.05, 0.1) is 5.52 Å². The van der Waals surface area contributed by atoms with E-state index in [9.17, 15) is 4.39 Å². The molecule has 1 aromatic carbocycles. The number of hydrogen-bond donors (Lipinski definition) is 2. The van der Waals surface area contributed by atoms with Gasteiger partial charge in [0, 0.05) is 36.5 Å². The van der Waals surface area contributed by atoms with Crippen molar-refractivity contribution in [2.24, 2.45) is 0 Å². The molecule has 0 amide bonds. The van der Waals surface area contributed by atoms with Gasteiger partial charge in [-0.25, -0.2) is 4.39 Å². The van der Waals surface area contributed by atoms with Crippen molar-refractivity contribution in [2.75, 3.05) is 18.6 Å². The number of halogens is 1. The van der Waals surface area contributed by atoms with Crippen LogP contribution < -0.4 is 5.32 Å². The number of pyridine rings is 1. The fraction of sp³-hybridized carbons (Fsp3) is 0.400. The fourth-order valence-corrected chi connectivity index (χ4v) is 2.90. The molecule has 3 nitrogen and oxygen atoms in total. The van der Waals surface area contributed by atoms with Crippen LogP contribution in [0.1, 0.15) is 12.0 Å². The molecule has 0 radical (unpaired) electrons. The molecule has 108 valence electrons. The average molecular weight is 294 g/mol. The number of aliphatic hydroxyl groups is 1. The molecule has 0 saturated carbocycles. The number of nitrogens with one attached hydrogen (secondary N) is 1. The summed E-state index contributed by atoms with van der Waals surface area (Å²) in [6.45, 7) is 0.705. The lowest BCUT2D eigenvalue weighted by molar-refractivity contribution is 0.270. The Kier molecular flexibility index (Phi) is 5.76. The Bertz CT molecular complexity index is 559. The largest absolute Gasteiger partial charge is 0.396 e. The summed E-state index contributed by atoms with van der Waals surface area (Å²) in [6.07, 6.45) is 4.45. The Morgan fingerprint density at radius 3 is 3.05 bits per heavy atom. The molecule has 2 N–H and O–H groups in total. The number of benzene rings is 1. The highest BCUT2D eigenvalue weighted by Crippen LogP contribution is 2.18. The van der Waals surface area contributed by atoms with E-state index in [1.165, 1.54) is 12.1 Å². The van der Waals surface area contributed by atoms with Crippen LogP contribution in [0.2, 0.25) is 0 Å². The third-order valence-electron chi connectivity index (χ3n) is 3.18. The predicted octanol–water partition coefficient (Wildman–Crippen LogP) is 2.58. The van der Waals surface area contributed by atoms with Crippen LogP contribution in [-0.2, 0) is 6.54 Å². The van der Waals surface area contributed by atoms with E-state index in [-0.39, 0.29) is 18.5 Å². The van der Waals surface area contributed by atoms with Gasteiger partial charge in [-0.2, -0.15) is 11.8 Å². The van der Waals surface area contributed by atoms with Gasteiger partial charge in [-0.3, -0.25) is 4.98 Å². The molecule has 2 aromatic rings. The molecular formula is C15H19FN2OS. The van der Waals surface area contributed by atoms with Crippen LogP contribution in [0, 0.1) is 5.82 Å². The van der Waals surface area contributed by atoms with Crippen molar-refractivity contribution >= 4 is 22.7 Å². The normalized spacial score (nSPS) is 12.8. The van der Waals surface area contributed by atoms with Crippen molar-refractivity contribution in [2.45, 2.75) is 19.0 Å². The lowest BCUT2D eigenvalue weighted by Crippen LogP contribution is -2.32. The molecule has 0 saturated heterocycles. The number of rotatable bonds is 7. The van der Waals surface area contributed by atoms with Crippen molar-refractivity contribution in [3.05, 3.63) is 41.8 Å². The number of fused-ring (bicyclic) bond motifs is 1. The van der Waals surface area contributed by atoms with Crippen molar-refractivity contribution in [3.8, 4) is 0 Å². The van der Waals surface area contributed by atoms with E-state index in [4.69, 9.17) is 5.11 Å². The maximum atomic E-state index is 13.6. The van der Waals surface area contributed by atoms with E-state index in [1.807, 2.05) is 12.3 Å². The minimum atomic E-state index is -0.245. The Balaban J connectivity index is 2.16. The van der Waals surface area contributed by atoms with Crippen LogP contribution in [0.5, 0.6) is 0 Å². The highest BCUT2D eigenvalue weighted by atomic mass is 32.2. The first-order chi connectivity index (χ1) is 9.74. The minimum absolute atomic E-state index is 0.153. The summed E-state index contributed by atoms with van der Waals surface area (Å²) in [6, 6.07) is 6.91. The van der Waals surface area contributed by atoms with Crippen LogP contribution in [0.25, 0.3) is 10.9 Å². The van der Waals surface area contributed by atoms with Crippen molar-refractivity contribution in [1.82, 2.24) is 10.3 Å². The van der Waals surface area contributed by atoms with E-state index < -0.39 is 0 Å². The second kappa shape index (κ2) is 7.57. The van der Waals surface area contributed by atoms with E-state index in [0.717, 1.165) is 22.2 Å². The molecule has 0 aliphatic heterocycles. The van der Waals surface area contributed by atoms with Gasteiger partial charge in [-0.05, 0) is 36.4 Å². The SMILES string of the molecule is CSCC(CCO)NCc1cc(F)cc2cccnc12. The molecule has 1 aromatic heterocycles. The summed E-state index contributed by atoms with van der Waals surface area (Å²) in [5.74, 6) is 0.673. The summed E-state index contributed by atoms with van der Waals surface area (Å²) in [7, 11) is 0. The third kappa shape index (κ3) is 3.91. The Labute approximate surface area is 122 Å². The monoisotopic (exact) mass is 294 g/mol. The second-order valence-electron chi connectivity index (χ2n) is 4.69. The van der Waals surface area contributed by atoms with E-state index in [2.05, 4.69) is 10.3 Å². The van der Waals surface area contributed by atoms with Crippen LogP contribution in [0.15, 0.2) is 30.5 Å². The van der Waals surface area contributed by atoms with Gasteiger partial charge in [0.15, 0.2) is 0 Å². The van der Waals surface area contributed by atoms with Gasteiger partial charge in [0.2, 0.25) is 0 Å². The maximum absolute atomic E-state index is 13.6. The first-order valence-electron chi connectivity index (χ1n) is 6.61. The molecule has 0 spiro atoms.